The highest BCUT2D eigenvalue weighted by Gasteiger charge is 2.43. The first kappa shape index (κ1) is 16.7. The number of thiophene rings is 1. The molecule has 1 aliphatic rings. The SMILES string of the molecule is CNCc1csc(S(=O)(=O)N2CCC(C(F)(F)F)CC2)c1. The molecule has 0 amide bonds. The van der Waals surface area contributed by atoms with Gasteiger partial charge in [-0.15, -0.1) is 11.3 Å². The summed E-state index contributed by atoms with van der Waals surface area (Å²) >= 11 is 1.10. The molecule has 1 aromatic heterocycles. The Kier molecular flexibility index (Phi) is 4.96. The van der Waals surface area contributed by atoms with Crippen LogP contribution in [0.2, 0.25) is 0 Å². The van der Waals surface area contributed by atoms with Crippen LogP contribution in [0.25, 0.3) is 0 Å². The number of hydrogen-bond acceptors (Lipinski definition) is 4. The van der Waals surface area contributed by atoms with Gasteiger partial charge in [0.15, 0.2) is 0 Å². The quantitative estimate of drug-likeness (QED) is 0.914. The zero-order valence-corrected chi connectivity index (χ0v) is 13.1. The molecule has 1 N–H and O–H groups in total. The van der Waals surface area contributed by atoms with E-state index in [1.54, 1.807) is 18.5 Å². The predicted molar refractivity (Wildman–Crippen MR) is 74.6 cm³/mol. The molecule has 0 radical (unpaired) electrons. The first-order valence-electron chi connectivity index (χ1n) is 6.54. The molecule has 0 unspecified atom stereocenters. The van der Waals surface area contributed by atoms with Gasteiger partial charge < -0.3 is 5.32 Å². The lowest BCUT2D eigenvalue weighted by atomic mass is 9.98. The summed E-state index contributed by atoms with van der Waals surface area (Å²) in [6, 6.07) is 1.58. The van der Waals surface area contributed by atoms with Gasteiger partial charge >= 0.3 is 6.18 Å². The topological polar surface area (TPSA) is 49.4 Å². The highest BCUT2D eigenvalue weighted by atomic mass is 32.2. The molecule has 0 bridgehead atoms. The van der Waals surface area contributed by atoms with Crippen molar-refractivity contribution in [3.63, 3.8) is 0 Å². The molecular formula is C12H17F3N2O2S2. The van der Waals surface area contributed by atoms with Crippen LogP contribution in [0.1, 0.15) is 18.4 Å². The van der Waals surface area contributed by atoms with Gasteiger partial charge in [-0.1, -0.05) is 0 Å². The molecule has 1 fully saturated rings. The summed E-state index contributed by atoms with van der Waals surface area (Å²) in [6.45, 7) is 0.402. The summed E-state index contributed by atoms with van der Waals surface area (Å²) < 4.78 is 64.0. The molecule has 0 aromatic carbocycles. The Hall–Kier alpha value is -0.640. The zero-order valence-electron chi connectivity index (χ0n) is 11.5. The standard InChI is InChI=1S/C12H17F3N2O2S2/c1-16-7-9-6-11(20-8-9)21(18,19)17-4-2-10(3-5-17)12(13,14)15/h6,8,10,16H,2-5,7H2,1H3. The molecule has 1 saturated heterocycles. The maximum Gasteiger partial charge on any atom is 0.391 e. The van der Waals surface area contributed by atoms with Crippen molar-refractivity contribution in [2.75, 3.05) is 20.1 Å². The zero-order chi connectivity index (χ0) is 15.7. The van der Waals surface area contributed by atoms with Crippen molar-refractivity contribution in [3.05, 3.63) is 17.0 Å². The van der Waals surface area contributed by atoms with E-state index in [0.717, 1.165) is 21.2 Å². The fraction of sp³-hybridized carbons (Fsp3) is 0.667. The molecule has 2 heterocycles. The molecule has 4 nitrogen and oxygen atoms in total. The van der Waals surface area contributed by atoms with Gasteiger partial charge in [-0.3, -0.25) is 0 Å². The van der Waals surface area contributed by atoms with E-state index in [-0.39, 0.29) is 30.1 Å². The summed E-state index contributed by atoms with van der Waals surface area (Å²) in [5.41, 5.74) is 0.853. The number of rotatable bonds is 4. The largest absolute Gasteiger partial charge is 0.391 e. The number of hydrogen-bond donors (Lipinski definition) is 1. The fourth-order valence-corrected chi connectivity index (χ4v) is 5.17. The Morgan fingerprint density at radius 3 is 2.52 bits per heavy atom. The molecule has 9 heteroatoms. The van der Waals surface area contributed by atoms with Crippen molar-refractivity contribution in [1.82, 2.24) is 9.62 Å². The van der Waals surface area contributed by atoms with Crippen LogP contribution >= 0.6 is 11.3 Å². The lowest BCUT2D eigenvalue weighted by Crippen LogP contribution is -2.41. The Bertz CT molecular complexity index is 576. The third kappa shape index (κ3) is 3.77. The normalized spacial score (nSPS) is 19.0. The molecule has 0 aliphatic carbocycles. The average Bonchev–Trinajstić information content (AvgIpc) is 2.88. The Morgan fingerprint density at radius 1 is 1.38 bits per heavy atom. The highest BCUT2D eigenvalue weighted by Crippen LogP contribution is 2.36. The van der Waals surface area contributed by atoms with Crippen molar-refractivity contribution in [2.24, 2.45) is 5.92 Å². The Balaban J connectivity index is 2.07. The summed E-state index contributed by atoms with van der Waals surface area (Å²) in [6.07, 6.45) is -4.58. The van der Waals surface area contributed by atoms with E-state index in [0.29, 0.717) is 6.54 Å². The van der Waals surface area contributed by atoms with Crippen LogP contribution in [0.5, 0.6) is 0 Å². The van der Waals surface area contributed by atoms with E-state index in [1.165, 1.54) is 0 Å². The third-order valence-corrected chi connectivity index (χ3v) is 6.88. The molecule has 120 valence electrons. The summed E-state index contributed by atoms with van der Waals surface area (Å²) in [5, 5.41) is 4.67. The van der Waals surface area contributed by atoms with Gasteiger partial charge in [-0.25, -0.2) is 8.42 Å². The van der Waals surface area contributed by atoms with Crippen molar-refractivity contribution in [1.29, 1.82) is 0 Å². The Morgan fingerprint density at radius 2 is 2.00 bits per heavy atom. The van der Waals surface area contributed by atoms with Crippen molar-refractivity contribution in [3.8, 4) is 0 Å². The van der Waals surface area contributed by atoms with Crippen molar-refractivity contribution in [2.45, 2.75) is 29.8 Å². The number of halogens is 3. The molecule has 1 aromatic rings. The second-order valence-corrected chi connectivity index (χ2v) is 8.10. The van der Waals surface area contributed by atoms with Crippen LogP contribution in [0.4, 0.5) is 13.2 Å². The number of piperidine rings is 1. The Labute approximate surface area is 126 Å². The second kappa shape index (κ2) is 6.23. The van der Waals surface area contributed by atoms with Gasteiger partial charge in [0, 0.05) is 19.6 Å². The van der Waals surface area contributed by atoms with Crippen LogP contribution in [-0.4, -0.2) is 39.0 Å². The van der Waals surface area contributed by atoms with Gasteiger partial charge in [-0.05, 0) is 36.9 Å². The molecule has 21 heavy (non-hydrogen) atoms. The van der Waals surface area contributed by atoms with Gasteiger partial charge in [0.05, 0.1) is 5.92 Å². The minimum Gasteiger partial charge on any atom is -0.316 e. The molecule has 0 spiro atoms. The molecule has 1 aliphatic heterocycles. The van der Waals surface area contributed by atoms with Crippen LogP contribution in [0.3, 0.4) is 0 Å². The van der Waals surface area contributed by atoms with Gasteiger partial charge in [0.25, 0.3) is 10.0 Å². The van der Waals surface area contributed by atoms with E-state index in [1.807, 2.05) is 0 Å². The van der Waals surface area contributed by atoms with Crippen LogP contribution < -0.4 is 5.32 Å². The van der Waals surface area contributed by atoms with Crippen molar-refractivity contribution < 1.29 is 21.6 Å². The molecule has 2 rings (SSSR count). The van der Waals surface area contributed by atoms with Gasteiger partial charge in [-0.2, -0.15) is 17.5 Å². The van der Waals surface area contributed by atoms with Crippen molar-refractivity contribution >= 4 is 21.4 Å². The van der Waals surface area contributed by atoms with Crippen LogP contribution in [0, 0.1) is 5.92 Å². The van der Waals surface area contributed by atoms with Gasteiger partial charge in [0.2, 0.25) is 0 Å². The lowest BCUT2D eigenvalue weighted by Gasteiger charge is -2.31. The van der Waals surface area contributed by atoms with E-state index < -0.39 is 22.1 Å². The van der Waals surface area contributed by atoms with Crippen LogP contribution in [-0.2, 0) is 16.6 Å². The van der Waals surface area contributed by atoms with E-state index in [2.05, 4.69) is 5.32 Å². The van der Waals surface area contributed by atoms with E-state index >= 15 is 0 Å². The summed E-state index contributed by atoms with van der Waals surface area (Å²) in [4.78, 5) is 0. The fourth-order valence-electron chi connectivity index (χ4n) is 2.34. The molecule has 0 atom stereocenters. The third-order valence-electron chi connectivity index (χ3n) is 3.52. The number of alkyl halides is 3. The maximum absolute atomic E-state index is 12.6. The van der Waals surface area contributed by atoms with E-state index in [4.69, 9.17) is 0 Å². The highest BCUT2D eigenvalue weighted by molar-refractivity contribution is 7.91. The molecule has 0 saturated carbocycles. The first-order valence-corrected chi connectivity index (χ1v) is 8.86. The van der Waals surface area contributed by atoms with Gasteiger partial charge in [0.1, 0.15) is 4.21 Å². The van der Waals surface area contributed by atoms with Crippen LogP contribution in [0.15, 0.2) is 15.7 Å². The first-order chi connectivity index (χ1) is 9.75. The monoisotopic (exact) mass is 342 g/mol. The minimum atomic E-state index is -4.24. The molecular weight excluding hydrogens is 325 g/mol. The number of nitrogens with zero attached hydrogens (tertiary/aromatic N) is 1. The minimum absolute atomic E-state index is 0.0776. The summed E-state index contributed by atoms with van der Waals surface area (Å²) in [7, 11) is -1.91. The summed E-state index contributed by atoms with van der Waals surface area (Å²) in [5.74, 6) is -1.40. The lowest BCUT2D eigenvalue weighted by molar-refractivity contribution is -0.182. The second-order valence-electron chi connectivity index (χ2n) is 5.02. The maximum atomic E-state index is 12.6. The number of nitrogens with one attached hydrogen (secondary N) is 1. The predicted octanol–water partition coefficient (Wildman–Crippen LogP) is 2.43. The average molecular weight is 342 g/mol. The van der Waals surface area contributed by atoms with E-state index in [9.17, 15) is 21.6 Å². The smallest absolute Gasteiger partial charge is 0.316 e. The number of sulfonamides is 1.